The normalized spacial score (nSPS) is 12.5. The van der Waals surface area contributed by atoms with E-state index in [-0.39, 0.29) is 18.5 Å². The van der Waals surface area contributed by atoms with Gasteiger partial charge in [-0.2, -0.15) is 0 Å². The van der Waals surface area contributed by atoms with Crippen LogP contribution in [0.4, 0.5) is 10.5 Å². The maximum atomic E-state index is 11.8. The molecule has 114 valence electrons. The number of carbonyl (C=O) groups excluding carboxylic acids is 1. The lowest BCUT2D eigenvalue weighted by Gasteiger charge is -2.20. The van der Waals surface area contributed by atoms with E-state index in [2.05, 4.69) is 15.8 Å². The molecule has 0 aromatic carbocycles. The predicted octanol–water partition coefficient (Wildman–Crippen LogP) is 2.46. The van der Waals surface area contributed by atoms with Gasteiger partial charge in [0.1, 0.15) is 11.4 Å². The van der Waals surface area contributed by atoms with E-state index in [1.165, 1.54) is 0 Å². The van der Waals surface area contributed by atoms with Crippen LogP contribution in [0, 0.1) is 12.8 Å². The molecule has 0 aliphatic carbocycles. The Hall–Kier alpha value is -1.56. The molecule has 0 saturated heterocycles. The second-order valence-electron chi connectivity index (χ2n) is 4.89. The molecular weight excluding hydrogens is 258 g/mol. The van der Waals surface area contributed by atoms with Gasteiger partial charge in [-0.15, -0.1) is 0 Å². The molecule has 2 amide bonds. The first-order chi connectivity index (χ1) is 9.53. The summed E-state index contributed by atoms with van der Waals surface area (Å²) in [6.45, 7) is 8.00. The summed E-state index contributed by atoms with van der Waals surface area (Å²) >= 11 is 0. The highest BCUT2D eigenvalue weighted by atomic mass is 16.5. The van der Waals surface area contributed by atoms with Crippen LogP contribution in [-0.2, 0) is 6.42 Å². The summed E-state index contributed by atoms with van der Waals surface area (Å²) in [5, 5.41) is 19.2. The lowest BCUT2D eigenvalue weighted by Crippen LogP contribution is -2.38. The van der Waals surface area contributed by atoms with Gasteiger partial charge >= 0.3 is 6.03 Å². The molecule has 3 N–H and O–H groups in total. The molecule has 0 saturated carbocycles. The van der Waals surface area contributed by atoms with Crippen molar-refractivity contribution in [2.24, 2.45) is 5.92 Å². The van der Waals surface area contributed by atoms with Crippen LogP contribution in [-0.4, -0.2) is 28.9 Å². The number of urea groups is 1. The summed E-state index contributed by atoms with van der Waals surface area (Å²) in [4.78, 5) is 11.8. The minimum Gasteiger partial charge on any atom is -0.391 e. The quantitative estimate of drug-likeness (QED) is 0.717. The number of carbonyl (C=O) groups is 1. The van der Waals surface area contributed by atoms with E-state index >= 15 is 0 Å². The highest BCUT2D eigenvalue weighted by molar-refractivity contribution is 5.90. The van der Waals surface area contributed by atoms with Crippen molar-refractivity contribution in [3.05, 3.63) is 11.5 Å². The maximum absolute atomic E-state index is 11.8. The van der Waals surface area contributed by atoms with Gasteiger partial charge in [0.05, 0.1) is 6.10 Å². The molecule has 0 aliphatic heterocycles. The lowest BCUT2D eigenvalue weighted by atomic mass is 9.97. The second kappa shape index (κ2) is 7.89. The summed E-state index contributed by atoms with van der Waals surface area (Å²) in [5.74, 6) is 0.788. The monoisotopic (exact) mass is 283 g/mol. The van der Waals surface area contributed by atoms with Crippen LogP contribution >= 0.6 is 0 Å². The summed E-state index contributed by atoms with van der Waals surface area (Å²) in [6.07, 6.45) is 1.95. The number of aryl methyl sites for hydroxylation is 2. The van der Waals surface area contributed by atoms with Crippen LogP contribution in [0.3, 0.4) is 0 Å². The molecule has 0 aliphatic rings. The minimum absolute atomic E-state index is 0.207. The number of nitrogens with zero attached hydrogens (tertiary/aromatic N) is 1. The maximum Gasteiger partial charge on any atom is 0.319 e. The number of nitrogens with one attached hydrogen (secondary N) is 2. The third kappa shape index (κ3) is 4.23. The molecule has 6 nitrogen and oxygen atoms in total. The molecule has 0 spiro atoms. The molecule has 20 heavy (non-hydrogen) atoms. The topological polar surface area (TPSA) is 87.4 Å². The summed E-state index contributed by atoms with van der Waals surface area (Å²) in [5.41, 5.74) is 1.33. The highest BCUT2D eigenvalue weighted by Gasteiger charge is 2.18. The van der Waals surface area contributed by atoms with Crippen LogP contribution in [0.5, 0.6) is 0 Å². The zero-order chi connectivity index (χ0) is 15.1. The summed E-state index contributed by atoms with van der Waals surface area (Å²) in [6, 6.07) is -0.351. The number of hydrogen-bond donors (Lipinski definition) is 3. The number of aliphatic hydroxyl groups excluding tert-OH is 1. The van der Waals surface area contributed by atoms with Crippen molar-refractivity contribution >= 4 is 11.7 Å². The first-order valence-corrected chi connectivity index (χ1v) is 7.21. The Morgan fingerprint density at radius 3 is 2.55 bits per heavy atom. The molecule has 0 bridgehead atoms. The van der Waals surface area contributed by atoms with Gasteiger partial charge in [0.2, 0.25) is 0 Å². The number of rotatable bonds is 7. The van der Waals surface area contributed by atoms with Gasteiger partial charge in [0.25, 0.3) is 0 Å². The molecule has 0 radical (unpaired) electrons. The van der Waals surface area contributed by atoms with E-state index in [0.29, 0.717) is 17.9 Å². The third-order valence-corrected chi connectivity index (χ3v) is 3.57. The van der Waals surface area contributed by atoms with E-state index in [1.54, 1.807) is 6.92 Å². The molecular formula is C14H25N3O3. The van der Waals surface area contributed by atoms with Gasteiger partial charge in [-0.25, -0.2) is 4.79 Å². The van der Waals surface area contributed by atoms with Crippen LogP contribution in [0.25, 0.3) is 0 Å². The van der Waals surface area contributed by atoms with Gasteiger partial charge in [-0.05, 0) is 19.3 Å². The van der Waals surface area contributed by atoms with Crippen molar-refractivity contribution in [3.63, 3.8) is 0 Å². The number of amides is 2. The molecule has 0 fully saturated rings. The molecule has 1 atom stereocenters. The van der Waals surface area contributed by atoms with Gasteiger partial charge < -0.3 is 20.3 Å². The van der Waals surface area contributed by atoms with Gasteiger partial charge in [0.15, 0.2) is 5.76 Å². The Labute approximate surface area is 119 Å². The van der Waals surface area contributed by atoms with E-state index < -0.39 is 6.10 Å². The Morgan fingerprint density at radius 1 is 1.35 bits per heavy atom. The molecule has 6 heteroatoms. The molecule has 1 rings (SSSR count). The van der Waals surface area contributed by atoms with Crippen molar-refractivity contribution in [2.75, 3.05) is 11.9 Å². The molecule has 1 aromatic heterocycles. The van der Waals surface area contributed by atoms with Crippen LogP contribution in [0.2, 0.25) is 0 Å². The predicted molar refractivity (Wildman–Crippen MR) is 77.7 cm³/mol. The number of aromatic nitrogens is 1. The van der Waals surface area contributed by atoms with Crippen LogP contribution in [0.1, 0.15) is 45.1 Å². The summed E-state index contributed by atoms with van der Waals surface area (Å²) < 4.78 is 5.04. The van der Waals surface area contributed by atoms with E-state index in [9.17, 15) is 9.90 Å². The first-order valence-electron chi connectivity index (χ1n) is 7.21. The fraction of sp³-hybridized carbons (Fsp3) is 0.714. The van der Waals surface area contributed by atoms with Crippen LogP contribution < -0.4 is 10.6 Å². The Bertz CT molecular complexity index is 427. The third-order valence-electron chi connectivity index (χ3n) is 3.57. The average Bonchev–Trinajstić information content (AvgIpc) is 2.78. The van der Waals surface area contributed by atoms with E-state index in [0.717, 1.165) is 18.5 Å². The van der Waals surface area contributed by atoms with E-state index in [1.807, 2.05) is 20.8 Å². The first kappa shape index (κ1) is 16.5. The van der Waals surface area contributed by atoms with Gasteiger partial charge in [0, 0.05) is 6.54 Å². The number of anilines is 1. The van der Waals surface area contributed by atoms with Crippen molar-refractivity contribution in [2.45, 2.75) is 53.1 Å². The van der Waals surface area contributed by atoms with Crippen molar-refractivity contribution in [1.29, 1.82) is 0 Å². The second-order valence-corrected chi connectivity index (χ2v) is 4.89. The van der Waals surface area contributed by atoms with E-state index in [4.69, 9.17) is 4.52 Å². The van der Waals surface area contributed by atoms with Crippen molar-refractivity contribution < 1.29 is 14.4 Å². The zero-order valence-corrected chi connectivity index (χ0v) is 12.7. The highest BCUT2D eigenvalue weighted by Crippen LogP contribution is 2.20. The Balaban J connectivity index is 2.50. The van der Waals surface area contributed by atoms with Gasteiger partial charge in [-0.3, -0.25) is 0 Å². The Morgan fingerprint density at radius 2 is 2.00 bits per heavy atom. The molecule has 1 unspecified atom stereocenters. The lowest BCUT2D eigenvalue weighted by molar-refractivity contribution is 0.104. The zero-order valence-electron chi connectivity index (χ0n) is 12.7. The standard InChI is InChI=1S/C14H25N3O3/c1-5-10(6-2)12(18)8-15-14(19)16-13-9(4)20-17-11(13)7-3/h10,12,18H,5-8H2,1-4H3,(H2,15,16,19). The fourth-order valence-electron chi connectivity index (χ4n) is 2.17. The van der Waals surface area contributed by atoms with Crippen molar-refractivity contribution in [3.8, 4) is 0 Å². The smallest absolute Gasteiger partial charge is 0.319 e. The molecule has 1 heterocycles. The SMILES string of the molecule is CCc1noc(C)c1NC(=O)NCC(O)C(CC)CC. The largest absolute Gasteiger partial charge is 0.391 e. The fourth-order valence-corrected chi connectivity index (χ4v) is 2.17. The number of aliphatic hydroxyl groups is 1. The Kier molecular flexibility index (Phi) is 6.51. The van der Waals surface area contributed by atoms with Crippen LogP contribution in [0.15, 0.2) is 4.52 Å². The van der Waals surface area contributed by atoms with Gasteiger partial charge in [-0.1, -0.05) is 38.8 Å². The minimum atomic E-state index is -0.523. The average molecular weight is 283 g/mol. The van der Waals surface area contributed by atoms with Crippen molar-refractivity contribution in [1.82, 2.24) is 10.5 Å². The summed E-state index contributed by atoms with van der Waals surface area (Å²) in [7, 11) is 0. The molecule has 1 aromatic rings. The number of hydrogen-bond acceptors (Lipinski definition) is 4.